The van der Waals surface area contributed by atoms with Crippen LogP contribution in [-0.4, -0.2) is 30.3 Å². The Balaban J connectivity index is 1.52. The van der Waals surface area contributed by atoms with E-state index in [4.69, 9.17) is 4.74 Å². The standard InChI is InChI=1S/C21H20N2O5/c1-14(15-5-3-2-4-6-15)22-18(24)13-28-21(27)16-7-9-17(10-8-16)23-19(25)11-12-20(23)26/h2-10,14H,11-13H2,1H3,(H,22,24)/t14-/m1/s1. The highest BCUT2D eigenvalue weighted by Gasteiger charge is 2.30. The van der Waals surface area contributed by atoms with Gasteiger partial charge in [-0.15, -0.1) is 0 Å². The molecule has 1 saturated heterocycles. The van der Waals surface area contributed by atoms with E-state index < -0.39 is 18.5 Å². The third-order valence-electron chi connectivity index (χ3n) is 4.42. The number of hydrogen-bond donors (Lipinski definition) is 1. The maximum absolute atomic E-state index is 12.1. The molecule has 0 aromatic heterocycles. The first-order chi connectivity index (χ1) is 13.5. The van der Waals surface area contributed by atoms with Crippen molar-refractivity contribution in [1.29, 1.82) is 0 Å². The van der Waals surface area contributed by atoms with Crippen LogP contribution in [0.2, 0.25) is 0 Å². The number of amides is 3. The van der Waals surface area contributed by atoms with Gasteiger partial charge in [-0.2, -0.15) is 0 Å². The van der Waals surface area contributed by atoms with Gasteiger partial charge in [0.15, 0.2) is 6.61 Å². The Morgan fingerprint density at radius 2 is 1.61 bits per heavy atom. The molecule has 3 amide bonds. The molecule has 3 rings (SSSR count). The molecular weight excluding hydrogens is 360 g/mol. The zero-order valence-corrected chi connectivity index (χ0v) is 15.4. The lowest BCUT2D eigenvalue weighted by Gasteiger charge is -2.15. The first-order valence-electron chi connectivity index (χ1n) is 8.93. The van der Waals surface area contributed by atoms with E-state index in [1.54, 1.807) is 0 Å². The van der Waals surface area contributed by atoms with E-state index in [0.29, 0.717) is 5.69 Å². The van der Waals surface area contributed by atoms with E-state index in [2.05, 4.69) is 5.32 Å². The highest BCUT2D eigenvalue weighted by atomic mass is 16.5. The Labute approximate surface area is 162 Å². The molecular formula is C21H20N2O5. The molecule has 0 spiro atoms. The summed E-state index contributed by atoms with van der Waals surface area (Å²) in [5.41, 5.74) is 1.59. The first kappa shape index (κ1) is 19.3. The minimum atomic E-state index is -0.659. The van der Waals surface area contributed by atoms with E-state index in [9.17, 15) is 19.2 Å². The van der Waals surface area contributed by atoms with Gasteiger partial charge in [0, 0.05) is 12.8 Å². The maximum atomic E-state index is 12.1. The van der Waals surface area contributed by atoms with Gasteiger partial charge in [-0.3, -0.25) is 19.3 Å². The second-order valence-corrected chi connectivity index (χ2v) is 6.45. The Morgan fingerprint density at radius 3 is 2.21 bits per heavy atom. The predicted molar refractivity (Wildman–Crippen MR) is 101 cm³/mol. The molecule has 7 heteroatoms. The molecule has 144 valence electrons. The van der Waals surface area contributed by atoms with Crippen LogP contribution in [-0.2, 0) is 19.1 Å². The maximum Gasteiger partial charge on any atom is 0.338 e. The van der Waals surface area contributed by atoms with Crippen LogP contribution >= 0.6 is 0 Å². The van der Waals surface area contributed by atoms with E-state index in [0.717, 1.165) is 10.5 Å². The number of imide groups is 1. The van der Waals surface area contributed by atoms with Crippen molar-refractivity contribution in [2.24, 2.45) is 0 Å². The van der Waals surface area contributed by atoms with Crippen LogP contribution in [0, 0.1) is 0 Å². The molecule has 1 aliphatic rings. The highest BCUT2D eigenvalue weighted by Crippen LogP contribution is 2.23. The van der Waals surface area contributed by atoms with Crippen LogP contribution in [0.1, 0.15) is 41.7 Å². The van der Waals surface area contributed by atoms with Crippen LogP contribution in [0.15, 0.2) is 54.6 Å². The largest absolute Gasteiger partial charge is 0.452 e. The van der Waals surface area contributed by atoms with E-state index >= 15 is 0 Å². The van der Waals surface area contributed by atoms with Gasteiger partial charge in [-0.05, 0) is 36.8 Å². The van der Waals surface area contributed by atoms with Crippen molar-refractivity contribution in [3.8, 4) is 0 Å². The third kappa shape index (κ3) is 4.43. The first-order valence-corrected chi connectivity index (χ1v) is 8.93. The topological polar surface area (TPSA) is 92.8 Å². The van der Waals surface area contributed by atoms with E-state index in [1.165, 1.54) is 24.3 Å². The highest BCUT2D eigenvalue weighted by molar-refractivity contribution is 6.19. The van der Waals surface area contributed by atoms with Crippen molar-refractivity contribution in [3.05, 3.63) is 65.7 Å². The van der Waals surface area contributed by atoms with Crippen molar-refractivity contribution in [2.75, 3.05) is 11.5 Å². The van der Waals surface area contributed by atoms with Gasteiger partial charge in [-0.1, -0.05) is 30.3 Å². The molecule has 1 aliphatic heterocycles. The van der Waals surface area contributed by atoms with Crippen molar-refractivity contribution < 1.29 is 23.9 Å². The van der Waals surface area contributed by atoms with E-state index in [1.807, 2.05) is 37.3 Å². The van der Waals surface area contributed by atoms with E-state index in [-0.39, 0.29) is 36.3 Å². The summed E-state index contributed by atoms with van der Waals surface area (Å²) < 4.78 is 5.04. The second-order valence-electron chi connectivity index (χ2n) is 6.45. The molecule has 1 atom stereocenters. The lowest BCUT2D eigenvalue weighted by atomic mass is 10.1. The van der Waals surface area contributed by atoms with Gasteiger partial charge in [0.05, 0.1) is 17.3 Å². The van der Waals surface area contributed by atoms with Crippen molar-refractivity contribution >= 4 is 29.4 Å². The average Bonchev–Trinajstić information content (AvgIpc) is 3.05. The van der Waals surface area contributed by atoms with Crippen LogP contribution in [0.5, 0.6) is 0 Å². The van der Waals surface area contributed by atoms with Crippen LogP contribution in [0.4, 0.5) is 5.69 Å². The number of carbonyl (C=O) groups excluding carboxylic acids is 4. The summed E-state index contributed by atoms with van der Waals surface area (Å²) in [7, 11) is 0. The number of benzene rings is 2. The zero-order valence-electron chi connectivity index (χ0n) is 15.4. The van der Waals surface area contributed by atoms with Gasteiger partial charge in [0.1, 0.15) is 0 Å². The summed E-state index contributed by atoms with van der Waals surface area (Å²) in [6, 6.07) is 15.2. The van der Waals surface area contributed by atoms with Crippen molar-refractivity contribution in [2.45, 2.75) is 25.8 Å². The lowest BCUT2D eigenvalue weighted by Crippen LogP contribution is -2.31. The fraction of sp³-hybridized carbons (Fsp3) is 0.238. The molecule has 1 heterocycles. The number of anilines is 1. The summed E-state index contributed by atoms with van der Waals surface area (Å²) in [6.45, 7) is 1.44. The fourth-order valence-electron chi connectivity index (χ4n) is 2.93. The van der Waals surface area contributed by atoms with Crippen LogP contribution < -0.4 is 10.2 Å². The van der Waals surface area contributed by atoms with Gasteiger partial charge in [0.25, 0.3) is 5.91 Å². The van der Waals surface area contributed by atoms with Crippen LogP contribution in [0.3, 0.4) is 0 Å². The Morgan fingerprint density at radius 1 is 1.00 bits per heavy atom. The van der Waals surface area contributed by atoms with Gasteiger partial charge in [0.2, 0.25) is 11.8 Å². The predicted octanol–water partition coefficient (Wildman–Crippen LogP) is 2.37. The second kappa shape index (κ2) is 8.47. The molecule has 7 nitrogen and oxygen atoms in total. The normalized spacial score (nSPS) is 14.7. The average molecular weight is 380 g/mol. The quantitative estimate of drug-likeness (QED) is 0.614. The summed E-state index contributed by atoms with van der Waals surface area (Å²) in [5.74, 6) is -1.59. The lowest BCUT2D eigenvalue weighted by molar-refractivity contribution is -0.125. The number of ether oxygens (including phenoxy) is 1. The molecule has 0 bridgehead atoms. The SMILES string of the molecule is C[C@@H](NC(=O)COC(=O)c1ccc(N2C(=O)CCC2=O)cc1)c1ccccc1. The Hall–Kier alpha value is -3.48. The molecule has 0 saturated carbocycles. The summed E-state index contributed by atoms with van der Waals surface area (Å²) in [6.07, 6.45) is 0.387. The number of nitrogens with zero attached hydrogens (tertiary/aromatic N) is 1. The number of nitrogens with one attached hydrogen (secondary N) is 1. The third-order valence-corrected chi connectivity index (χ3v) is 4.42. The molecule has 0 unspecified atom stereocenters. The summed E-state index contributed by atoms with van der Waals surface area (Å²) in [5, 5.41) is 2.76. The molecule has 1 fully saturated rings. The number of esters is 1. The summed E-state index contributed by atoms with van der Waals surface area (Å²) >= 11 is 0. The molecule has 2 aromatic rings. The molecule has 1 N–H and O–H groups in total. The minimum absolute atomic E-state index is 0.194. The van der Waals surface area contributed by atoms with Crippen LogP contribution in [0.25, 0.3) is 0 Å². The Bertz CT molecular complexity index is 877. The molecule has 2 aromatic carbocycles. The Kier molecular flexibility index (Phi) is 5.84. The minimum Gasteiger partial charge on any atom is -0.452 e. The van der Waals surface area contributed by atoms with Crippen molar-refractivity contribution in [3.63, 3.8) is 0 Å². The smallest absolute Gasteiger partial charge is 0.338 e. The van der Waals surface area contributed by atoms with Crippen molar-refractivity contribution in [1.82, 2.24) is 5.32 Å². The molecule has 0 aliphatic carbocycles. The van der Waals surface area contributed by atoms with Gasteiger partial charge < -0.3 is 10.1 Å². The fourth-order valence-corrected chi connectivity index (χ4v) is 2.93. The van der Waals surface area contributed by atoms with Gasteiger partial charge in [-0.25, -0.2) is 4.79 Å². The number of hydrogen-bond acceptors (Lipinski definition) is 5. The number of rotatable bonds is 6. The monoisotopic (exact) mass is 380 g/mol. The molecule has 28 heavy (non-hydrogen) atoms. The summed E-state index contributed by atoms with van der Waals surface area (Å²) in [4.78, 5) is 48.7. The zero-order chi connectivity index (χ0) is 20.1. The molecule has 0 radical (unpaired) electrons. The number of carbonyl (C=O) groups is 4. The van der Waals surface area contributed by atoms with Gasteiger partial charge >= 0.3 is 5.97 Å².